The Morgan fingerprint density at radius 3 is 3.00 bits per heavy atom. The van der Waals surface area contributed by atoms with Gasteiger partial charge in [0, 0.05) is 7.11 Å². The molecule has 0 atom stereocenters. The van der Waals surface area contributed by atoms with Crippen LogP contribution in [-0.4, -0.2) is 16.9 Å². The monoisotopic (exact) mass is 116 g/mol. The first-order valence-corrected chi connectivity index (χ1v) is 4.09. The van der Waals surface area contributed by atoms with Gasteiger partial charge in [0.1, 0.15) is 0 Å². The normalized spacial score (nSPS) is 10.4. The third kappa shape index (κ3) is 5.92. The Morgan fingerprint density at radius 1 is 1.86 bits per heavy atom. The van der Waals surface area contributed by atoms with E-state index in [0.29, 0.717) is 0 Å². The van der Waals surface area contributed by atoms with Crippen molar-refractivity contribution in [2.24, 2.45) is 0 Å². The van der Waals surface area contributed by atoms with E-state index in [4.69, 9.17) is 4.43 Å². The highest BCUT2D eigenvalue weighted by atomic mass is 28.2. The molecule has 0 radical (unpaired) electrons. The summed E-state index contributed by atoms with van der Waals surface area (Å²) in [6.07, 6.45) is 3.06. The van der Waals surface area contributed by atoms with Crippen molar-refractivity contribution in [1.29, 1.82) is 0 Å². The van der Waals surface area contributed by atoms with Crippen LogP contribution >= 0.6 is 0 Å². The standard InChI is InChI=1S/C5H12OSi/c1-3-4-5-7-6-2/h3H,1,4-5,7H2,2H3. The van der Waals surface area contributed by atoms with Crippen LogP contribution in [-0.2, 0) is 4.43 Å². The van der Waals surface area contributed by atoms with Crippen LogP contribution in [0.3, 0.4) is 0 Å². The summed E-state index contributed by atoms with van der Waals surface area (Å²) < 4.78 is 4.94. The fourth-order valence-corrected chi connectivity index (χ4v) is 1.12. The summed E-state index contributed by atoms with van der Waals surface area (Å²) in [5.74, 6) is 0. The van der Waals surface area contributed by atoms with Crippen LogP contribution in [0.4, 0.5) is 0 Å². The molecular weight excluding hydrogens is 104 g/mol. The quantitative estimate of drug-likeness (QED) is 0.298. The summed E-state index contributed by atoms with van der Waals surface area (Å²) in [4.78, 5) is 0. The van der Waals surface area contributed by atoms with E-state index in [0.717, 1.165) is 6.42 Å². The molecule has 0 unspecified atom stereocenters. The van der Waals surface area contributed by atoms with Gasteiger partial charge in [0.15, 0.2) is 9.76 Å². The zero-order valence-corrected chi connectivity index (χ0v) is 6.23. The SMILES string of the molecule is C=CCC[SiH2]OC. The van der Waals surface area contributed by atoms with E-state index < -0.39 is 0 Å². The van der Waals surface area contributed by atoms with Gasteiger partial charge >= 0.3 is 0 Å². The first-order valence-electron chi connectivity index (χ1n) is 2.51. The summed E-state index contributed by atoms with van der Waals surface area (Å²) in [5, 5.41) is 0. The van der Waals surface area contributed by atoms with E-state index in [1.54, 1.807) is 7.11 Å². The minimum Gasteiger partial charge on any atom is -0.427 e. The van der Waals surface area contributed by atoms with Crippen LogP contribution < -0.4 is 0 Å². The van der Waals surface area contributed by atoms with Crippen molar-refractivity contribution < 1.29 is 4.43 Å². The van der Waals surface area contributed by atoms with Gasteiger partial charge < -0.3 is 4.43 Å². The molecule has 0 bridgehead atoms. The molecule has 0 aliphatic heterocycles. The summed E-state index contributed by atoms with van der Waals surface area (Å²) in [6.45, 7) is 3.60. The molecule has 0 saturated heterocycles. The molecule has 0 rings (SSSR count). The van der Waals surface area contributed by atoms with Gasteiger partial charge in [0.05, 0.1) is 0 Å². The number of hydrogen-bond acceptors (Lipinski definition) is 1. The lowest BCUT2D eigenvalue weighted by atomic mass is 10.5. The van der Waals surface area contributed by atoms with Gasteiger partial charge in [-0.15, -0.1) is 6.58 Å². The maximum absolute atomic E-state index is 4.94. The zero-order chi connectivity index (χ0) is 5.54. The second-order valence-corrected chi connectivity index (χ2v) is 3.12. The fourth-order valence-electron chi connectivity index (χ4n) is 0.372. The Morgan fingerprint density at radius 2 is 2.57 bits per heavy atom. The van der Waals surface area contributed by atoms with Gasteiger partial charge in [0.2, 0.25) is 0 Å². The average molecular weight is 116 g/mol. The molecule has 0 aliphatic rings. The minimum atomic E-state index is -0.161. The van der Waals surface area contributed by atoms with E-state index in [9.17, 15) is 0 Å². The van der Waals surface area contributed by atoms with E-state index >= 15 is 0 Å². The lowest BCUT2D eigenvalue weighted by Crippen LogP contribution is -1.89. The number of allylic oxidation sites excluding steroid dienone is 1. The first kappa shape index (κ1) is 6.92. The average Bonchev–Trinajstić information content (AvgIpc) is 1.69. The Kier molecular flexibility index (Phi) is 5.85. The van der Waals surface area contributed by atoms with E-state index in [2.05, 4.69) is 6.58 Å². The highest BCUT2D eigenvalue weighted by Crippen LogP contribution is 1.86. The lowest BCUT2D eigenvalue weighted by molar-refractivity contribution is 0.441. The second-order valence-electron chi connectivity index (χ2n) is 1.42. The molecule has 7 heavy (non-hydrogen) atoms. The molecule has 0 fully saturated rings. The molecule has 0 amide bonds. The van der Waals surface area contributed by atoms with Crippen molar-refractivity contribution in [2.45, 2.75) is 12.5 Å². The van der Waals surface area contributed by atoms with Crippen molar-refractivity contribution >= 4 is 9.76 Å². The molecule has 0 saturated carbocycles. The minimum absolute atomic E-state index is 0.161. The maximum atomic E-state index is 4.94. The summed E-state index contributed by atoms with van der Waals surface area (Å²) in [7, 11) is 1.61. The van der Waals surface area contributed by atoms with Crippen LogP contribution in [0, 0.1) is 0 Å². The zero-order valence-electron chi connectivity index (χ0n) is 4.81. The molecule has 0 heterocycles. The van der Waals surface area contributed by atoms with Gasteiger partial charge in [-0.2, -0.15) is 0 Å². The molecule has 2 heteroatoms. The van der Waals surface area contributed by atoms with Crippen molar-refractivity contribution in [2.75, 3.05) is 7.11 Å². The van der Waals surface area contributed by atoms with Crippen molar-refractivity contribution in [3.8, 4) is 0 Å². The van der Waals surface area contributed by atoms with Crippen LogP contribution in [0.15, 0.2) is 12.7 Å². The molecule has 1 nitrogen and oxygen atoms in total. The molecule has 42 valence electrons. The maximum Gasteiger partial charge on any atom is 0.161 e. The Hall–Kier alpha value is -0.0831. The van der Waals surface area contributed by atoms with E-state index in [1.165, 1.54) is 6.04 Å². The van der Waals surface area contributed by atoms with E-state index in [1.807, 2.05) is 6.08 Å². The summed E-state index contributed by atoms with van der Waals surface area (Å²) in [5.41, 5.74) is 0. The summed E-state index contributed by atoms with van der Waals surface area (Å²) >= 11 is 0. The number of rotatable bonds is 4. The van der Waals surface area contributed by atoms with Gasteiger partial charge in [-0.25, -0.2) is 0 Å². The molecule has 0 aromatic carbocycles. The van der Waals surface area contributed by atoms with E-state index in [-0.39, 0.29) is 9.76 Å². The Labute approximate surface area is 47.3 Å². The molecule has 0 aromatic heterocycles. The van der Waals surface area contributed by atoms with Gasteiger partial charge in [-0.1, -0.05) is 6.08 Å². The van der Waals surface area contributed by atoms with Crippen LogP contribution in [0.1, 0.15) is 6.42 Å². The molecule has 0 aromatic rings. The third-order valence-corrected chi connectivity index (χ3v) is 1.86. The third-order valence-electron chi connectivity index (χ3n) is 0.757. The summed E-state index contributed by atoms with van der Waals surface area (Å²) in [6, 6.07) is 1.24. The van der Waals surface area contributed by atoms with Crippen molar-refractivity contribution in [1.82, 2.24) is 0 Å². The van der Waals surface area contributed by atoms with Gasteiger partial charge in [0.25, 0.3) is 0 Å². The highest BCUT2D eigenvalue weighted by molar-refractivity contribution is 6.26. The van der Waals surface area contributed by atoms with Crippen molar-refractivity contribution in [3.63, 3.8) is 0 Å². The smallest absolute Gasteiger partial charge is 0.161 e. The van der Waals surface area contributed by atoms with Gasteiger partial charge in [-0.05, 0) is 12.5 Å². The largest absolute Gasteiger partial charge is 0.427 e. The fraction of sp³-hybridized carbons (Fsp3) is 0.600. The Balaban J connectivity index is 2.56. The van der Waals surface area contributed by atoms with Crippen LogP contribution in [0.5, 0.6) is 0 Å². The molecular formula is C5H12OSi. The molecule has 0 spiro atoms. The second kappa shape index (κ2) is 5.92. The predicted molar refractivity (Wildman–Crippen MR) is 35.2 cm³/mol. The topological polar surface area (TPSA) is 9.23 Å². The Bertz CT molecular complexity index is 45.3. The lowest BCUT2D eigenvalue weighted by Gasteiger charge is -1.89. The highest BCUT2D eigenvalue weighted by Gasteiger charge is 1.79. The predicted octanol–water partition coefficient (Wildman–Crippen LogP) is 0.711. The van der Waals surface area contributed by atoms with Crippen LogP contribution in [0.25, 0.3) is 0 Å². The van der Waals surface area contributed by atoms with Crippen LogP contribution in [0.2, 0.25) is 6.04 Å². The molecule has 0 N–H and O–H groups in total. The first-order chi connectivity index (χ1) is 3.41. The number of hydrogen-bond donors (Lipinski definition) is 0. The van der Waals surface area contributed by atoms with Crippen molar-refractivity contribution in [3.05, 3.63) is 12.7 Å². The van der Waals surface area contributed by atoms with Gasteiger partial charge in [-0.3, -0.25) is 0 Å². The molecule has 0 aliphatic carbocycles.